The Morgan fingerprint density at radius 3 is 2.58 bits per heavy atom. The van der Waals surface area contributed by atoms with E-state index in [4.69, 9.17) is 9.84 Å². The van der Waals surface area contributed by atoms with Crippen LogP contribution in [-0.2, 0) is 0 Å². The Labute approximate surface area is 108 Å². The van der Waals surface area contributed by atoms with Gasteiger partial charge in [-0.25, -0.2) is 18.6 Å². The molecular weight excluding hydrogens is 258 g/mol. The average Bonchev–Trinajstić information content (AvgIpc) is 2.38. The van der Waals surface area contributed by atoms with Crippen molar-refractivity contribution in [2.75, 3.05) is 25.1 Å². The Morgan fingerprint density at radius 2 is 2.05 bits per heavy atom. The summed E-state index contributed by atoms with van der Waals surface area (Å²) in [4.78, 5) is 16.5. The van der Waals surface area contributed by atoms with Gasteiger partial charge in [-0.1, -0.05) is 0 Å². The van der Waals surface area contributed by atoms with Gasteiger partial charge in [0.25, 0.3) is 5.92 Å². The lowest BCUT2D eigenvalue weighted by Gasteiger charge is -2.33. The lowest BCUT2D eigenvalue weighted by Crippen LogP contribution is -2.40. The number of halogens is 2. The third-order valence-electron chi connectivity index (χ3n) is 3.07. The van der Waals surface area contributed by atoms with E-state index in [-0.39, 0.29) is 31.6 Å². The molecular formula is C12H14F2N2O3. The molecule has 0 amide bonds. The van der Waals surface area contributed by atoms with E-state index < -0.39 is 11.9 Å². The molecule has 0 saturated carbocycles. The number of carbonyl (C=O) groups is 1. The summed E-state index contributed by atoms with van der Waals surface area (Å²) in [7, 11) is 1.43. The molecule has 7 heteroatoms. The summed E-state index contributed by atoms with van der Waals surface area (Å²) in [6.07, 6.45) is -0.537. The van der Waals surface area contributed by atoms with Crippen molar-refractivity contribution in [1.29, 1.82) is 0 Å². The molecule has 0 unspecified atom stereocenters. The molecule has 104 valence electrons. The van der Waals surface area contributed by atoms with Crippen molar-refractivity contribution in [3.63, 3.8) is 0 Å². The predicted octanol–water partition coefficient (Wildman–Crippen LogP) is 2.02. The van der Waals surface area contributed by atoms with E-state index in [1.54, 1.807) is 4.90 Å². The van der Waals surface area contributed by atoms with Crippen molar-refractivity contribution in [1.82, 2.24) is 4.98 Å². The summed E-state index contributed by atoms with van der Waals surface area (Å²) >= 11 is 0. The standard InChI is InChI=1S/C12H14F2N2O3/c1-19-9-3-2-8(11(17)18)15-10(9)16-6-4-12(13,14)5-7-16/h2-3H,4-7H2,1H3,(H,17,18). The molecule has 1 saturated heterocycles. The first kappa shape index (κ1) is 13.5. The monoisotopic (exact) mass is 272 g/mol. The lowest BCUT2D eigenvalue weighted by atomic mass is 10.1. The van der Waals surface area contributed by atoms with E-state index in [0.717, 1.165) is 0 Å². The molecule has 1 aromatic rings. The molecule has 0 spiro atoms. The van der Waals surface area contributed by atoms with Crippen LogP contribution in [0.15, 0.2) is 12.1 Å². The topological polar surface area (TPSA) is 62.7 Å². The molecule has 5 nitrogen and oxygen atoms in total. The van der Waals surface area contributed by atoms with Crippen molar-refractivity contribution in [3.05, 3.63) is 17.8 Å². The predicted molar refractivity (Wildman–Crippen MR) is 64.1 cm³/mol. The van der Waals surface area contributed by atoms with Crippen LogP contribution in [-0.4, -0.2) is 42.2 Å². The third-order valence-corrected chi connectivity index (χ3v) is 3.07. The smallest absolute Gasteiger partial charge is 0.354 e. The maximum Gasteiger partial charge on any atom is 0.354 e. The maximum absolute atomic E-state index is 13.1. The number of piperidine rings is 1. The van der Waals surface area contributed by atoms with Crippen molar-refractivity contribution in [2.45, 2.75) is 18.8 Å². The van der Waals surface area contributed by atoms with Crippen LogP contribution in [0.4, 0.5) is 14.6 Å². The van der Waals surface area contributed by atoms with Crippen LogP contribution >= 0.6 is 0 Å². The fourth-order valence-electron chi connectivity index (χ4n) is 1.99. The highest BCUT2D eigenvalue weighted by Crippen LogP contribution is 2.33. The maximum atomic E-state index is 13.1. The fraction of sp³-hybridized carbons (Fsp3) is 0.500. The normalized spacial score (nSPS) is 18.2. The average molecular weight is 272 g/mol. The summed E-state index contributed by atoms with van der Waals surface area (Å²) in [6, 6.07) is 2.81. The Morgan fingerprint density at radius 1 is 1.42 bits per heavy atom. The van der Waals surface area contributed by atoms with E-state index in [0.29, 0.717) is 11.6 Å². The number of pyridine rings is 1. The van der Waals surface area contributed by atoms with Crippen LogP contribution in [0, 0.1) is 0 Å². The number of alkyl halides is 2. The summed E-state index contributed by atoms with van der Waals surface area (Å²) in [5.41, 5.74) is -0.131. The minimum atomic E-state index is -2.66. The number of aromatic carboxylic acids is 1. The number of rotatable bonds is 3. The van der Waals surface area contributed by atoms with E-state index in [1.165, 1.54) is 19.2 Å². The second kappa shape index (κ2) is 4.99. The first-order chi connectivity index (χ1) is 8.93. The molecule has 1 fully saturated rings. The van der Waals surface area contributed by atoms with E-state index in [1.807, 2.05) is 0 Å². The summed E-state index contributed by atoms with van der Waals surface area (Å²) in [5, 5.41) is 8.91. The zero-order valence-electron chi connectivity index (χ0n) is 10.4. The van der Waals surface area contributed by atoms with Gasteiger partial charge in [-0.3, -0.25) is 0 Å². The molecule has 1 N–H and O–H groups in total. The van der Waals surface area contributed by atoms with Crippen LogP contribution in [0.3, 0.4) is 0 Å². The van der Waals surface area contributed by atoms with Gasteiger partial charge in [-0.2, -0.15) is 0 Å². The number of carboxylic acids is 1. The van der Waals surface area contributed by atoms with E-state index in [9.17, 15) is 13.6 Å². The molecule has 0 bridgehead atoms. The van der Waals surface area contributed by atoms with E-state index in [2.05, 4.69) is 4.98 Å². The number of hydrogen-bond acceptors (Lipinski definition) is 4. The van der Waals surface area contributed by atoms with Crippen molar-refractivity contribution < 1.29 is 23.4 Å². The third kappa shape index (κ3) is 2.91. The first-order valence-corrected chi connectivity index (χ1v) is 5.84. The van der Waals surface area contributed by atoms with Crippen molar-refractivity contribution in [2.24, 2.45) is 0 Å². The fourth-order valence-corrected chi connectivity index (χ4v) is 1.99. The highest BCUT2D eigenvalue weighted by atomic mass is 19.3. The minimum Gasteiger partial charge on any atom is -0.493 e. The Balaban J connectivity index is 2.27. The molecule has 0 aliphatic carbocycles. The summed E-state index contributed by atoms with van der Waals surface area (Å²) < 4.78 is 31.3. The summed E-state index contributed by atoms with van der Waals surface area (Å²) in [5.74, 6) is -3.13. The van der Waals surface area contributed by atoms with Gasteiger partial charge in [-0.15, -0.1) is 0 Å². The molecule has 2 heterocycles. The molecule has 1 aliphatic rings. The Hall–Kier alpha value is -1.92. The lowest BCUT2D eigenvalue weighted by molar-refractivity contribution is -0.0222. The molecule has 0 radical (unpaired) electrons. The van der Waals surface area contributed by atoms with Crippen LogP contribution in [0.2, 0.25) is 0 Å². The molecule has 1 aromatic heterocycles. The van der Waals surface area contributed by atoms with Gasteiger partial charge in [0.1, 0.15) is 0 Å². The minimum absolute atomic E-state index is 0.124. The number of anilines is 1. The molecule has 2 rings (SSSR count). The van der Waals surface area contributed by atoms with Crippen molar-refractivity contribution in [3.8, 4) is 5.75 Å². The van der Waals surface area contributed by atoms with Gasteiger partial charge < -0.3 is 14.7 Å². The van der Waals surface area contributed by atoms with Gasteiger partial charge in [-0.05, 0) is 12.1 Å². The number of hydrogen-bond donors (Lipinski definition) is 1. The quantitative estimate of drug-likeness (QED) is 0.912. The van der Waals surface area contributed by atoms with Crippen LogP contribution in [0.5, 0.6) is 5.75 Å². The Kier molecular flexibility index (Phi) is 3.55. The number of aromatic nitrogens is 1. The van der Waals surface area contributed by atoms with E-state index >= 15 is 0 Å². The van der Waals surface area contributed by atoms with Gasteiger partial charge >= 0.3 is 5.97 Å². The molecule has 1 aliphatic heterocycles. The first-order valence-electron chi connectivity index (χ1n) is 5.84. The molecule has 0 atom stereocenters. The zero-order valence-corrected chi connectivity index (χ0v) is 10.4. The second-order valence-electron chi connectivity index (χ2n) is 4.37. The van der Waals surface area contributed by atoms with Gasteiger partial charge in [0.2, 0.25) is 0 Å². The van der Waals surface area contributed by atoms with Crippen LogP contribution < -0.4 is 9.64 Å². The second-order valence-corrected chi connectivity index (χ2v) is 4.37. The number of ether oxygens (including phenoxy) is 1. The summed E-state index contributed by atoms with van der Waals surface area (Å²) in [6.45, 7) is 0.249. The largest absolute Gasteiger partial charge is 0.493 e. The Bertz CT molecular complexity index is 484. The molecule has 19 heavy (non-hydrogen) atoms. The van der Waals surface area contributed by atoms with Gasteiger partial charge in [0.15, 0.2) is 17.3 Å². The highest BCUT2D eigenvalue weighted by Gasteiger charge is 2.35. The van der Waals surface area contributed by atoms with Crippen LogP contribution in [0.1, 0.15) is 23.3 Å². The van der Waals surface area contributed by atoms with Crippen molar-refractivity contribution >= 4 is 11.8 Å². The SMILES string of the molecule is COc1ccc(C(=O)O)nc1N1CCC(F)(F)CC1. The molecule has 0 aromatic carbocycles. The number of methoxy groups -OCH3 is 1. The van der Waals surface area contributed by atoms with Crippen LogP contribution in [0.25, 0.3) is 0 Å². The number of nitrogens with zero attached hydrogens (tertiary/aromatic N) is 2. The number of carboxylic acid groups (broad SMARTS) is 1. The van der Waals surface area contributed by atoms with Gasteiger partial charge in [0, 0.05) is 25.9 Å². The van der Waals surface area contributed by atoms with Gasteiger partial charge in [0.05, 0.1) is 7.11 Å². The zero-order chi connectivity index (χ0) is 14.0. The highest BCUT2D eigenvalue weighted by molar-refractivity contribution is 5.86.